The van der Waals surface area contributed by atoms with Crippen molar-refractivity contribution in [3.8, 4) is 0 Å². The first-order valence-electron chi connectivity index (χ1n) is 4.26. The summed E-state index contributed by atoms with van der Waals surface area (Å²) in [6.45, 7) is 3.23. The molecule has 1 aliphatic heterocycles. The first kappa shape index (κ1) is 10.8. The van der Waals surface area contributed by atoms with E-state index in [4.69, 9.17) is 10.5 Å². The van der Waals surface area contributed by atoms with Crippen LogP contribution in [0.25, 0.3) is 0 Å². The molecule has 78 valence electrons. The average molecular weight is 197 g/mol. The highest BCUT2D eigenvalue weighted by Gasteiger charge is 2.54. The second-order valence-electron chi connectivity index (χ2n) is 3.82. The van der Waals surface area contributed by atoms with Crippen LogP contribution in [0.3, 0.4) is 0 Å². The monoisotopic (exact) mass is 197 g/mol. The van der Waals surface area contributed by atoms with Crippen LogP contribution < -0.4 is 5.73 Å². The molecule has 1 aliphatic rings. The molecule has 0 amide bonds. The predicted octanol–water partition coefficient (Wildman–Crippen LogP) is 1.83. The second kappa shape index (κ2) is 3.13. The van der Waals surface area contributed by atoms with E-state index in [1.54, 1.807) is 13.8 Å². The van der Waals surface area contributed by atoms with Crippen LogP contribution in [0, 0.1) is 0 Å². The van der Waals surface area contributed by atoms with Crippen molar-refractivity contribution in [3.63, 3.8) is 0 Å². The molecule has 0 aromatic rings. The van der Waals surface area contributed by atoms with E-state index in [0.29, 0.717) is 0 Å². The van der Waals surface area contributed by atoms with E-state index in [1.807, 2.05) is 0 Å². The van der Waals surface area contributed by atoms with Gasteiger partial charge in [0.2, 0.25) is 0 Å². The van der Waals surface area contributed by atoms with Gasteiger partial charge in [0.25, 0.3) is 0 Å². The molecule has 0 bridgehead atoms. The van der Waals surface area contributed by atoms with Crippen LogP contribution in [0.4, 0.5) is 13.2 Å². The van der Waals surface area contributed by atoms with Gasteiger partial charge in [-0.3, -0.25) is 0 Å². The fourth-order valence-electron chi connectivity index (χ4n) is 1.83. The van der Waals surface area contributed by atoms with Gasteiger partial charge in [0.05, 0.1) is 12.2 Å². The summed E-state index contributed by atoms with van der Waals surface area (Å²) in [5, 5.41) is 0. The summed E-state index contributed by atoms with van der Waals surface area (Å²) in [7, 11) is 0. The lowest BCUT2D eigenvalue weighted by Gasteiger charge is -2.41. The standard InChI is InChI=1S/C8H14F3NO/c1-5-3-7(12,8(9,10)11)4-6(2)13-5/h5-6H,3-4,12H2,1-2H3. The molecule has 2 N–H and O–H groups in total. The van der Waals surface area contributed by atoms with Crippen molar-refractivity contribution >= 4 is 0 Å². The van der Waals surface area contributed by atoms with E-state index in [2.05, 4.69) is 0 Å². The molecule has 0 spiro atoms. The molecule has 2 unspecified atom stereocenters. The fourth-order valence-corrected chi connectivity index (χ4v) is 1.83. The molecule has 0 aromatic carbocycles. The van der Waals surface area contributed by atoms with Gasteiger partial charge in [-0.05, 0) is 13.8 Å². The molecule has 5 heteroatoms. The maximum atomic E-state index is 12.5. The molecule has 2 nitrogen and oxygen atoms in total. The highest BCUT2D eigenvalue weighted by Crippen LogP contribution is 2.39. The smallest absolute Gasteiger partial charge is 0.375 e. The van der Waals surface area contributed by atoms with E-state index in [1.165, 1.54) is 0 Å². The highest BCUT2D eigenvalue weighted by atomic mass is 19.4. The molecule has 1 saturated heterocycles. The number of ether oxygens (including phenoxy) is 1. The number of nitrogens with two attached hydrogens (primary N) is 1. The van der Waals surface area contributed by atoms with Crippen LogP contribution in [-0.4, -0.2) is 23.9 Å². The van der Waals surface area contributed by atoms with Gasteiger partial charge in [-0.25, -0.2) is 0 Å². The van der Waals surface area contributed by atoms with Crippen LogP contribution in [0.5, 0.6) is 0 Å². The van der Waals surface area contributed by atoms with Gasteiger partial charge in [-0.2, -0.15) is 13.2 Å². The predicted molar refractivity (Wildman–Crippen MR) is 42.2 cm³/mol. The molecule has 0 aromatic heterocycles. The molecule has 0 radical (unpaired) electrons. The van der Waals surface area contributed by atoms with Crippen molar-refractivity contribution in [1.29, 1.82) is 0 Å². The summed E-state index contributed by atoms with van der Waals surface area (Å²) in [6.07, 6.45) is -5.48. The van der Waals surface area contributed by atoms with E-state index < -0.39 is 23.9 Å². The van der Waals surface area contributed by atoms with Crippen LogP contribution in [0.1, 0.15) is 26.7 Å². The van der Waals surface area contributed by atoms with Gasteiger partial charge in [0, 0.05) is 12.8 Å². The maximum absolute atomic E-state index is 12.5. The Labute approximate surface area is 75.2 Å². The van der Waals surface area contributed by atoms with Crippen LogP contribution in [-0.2, 0) is 4.74 Å². The molecule has 13 heavy (non-hydrogen) atoms. The Morgan fingerprint density at radius 2 is 1.62 bits per heavy atom. The Morgan fingerprint density at radius 3 is 1.92 bits per heavy atom. The molecule has 0 saturated carbocycles. The SMILES string of the molecule is CC1CC(N)(C(F)(F)F)CC(C)O1. The lowest BCUT2D eigenvalue weighted by Crippen LogP contribution is -2.59. The summed E-state index contributed by atoms with van der Waals surface area (Å²) in [5.74, 6) is 0. The van der Waals surface area contributed by atoms with Crippen molar-refractivity contribution in [2.45, 2.75) is 50.6 Å². The largest absolute Gasteiger partial charge is 0.406 e. The second-order valence-corrected chi connectivity index (χ2v) is 3.82. The summed E-state index contributed by atoms with van der Waals surface area (Å²) >= 11 is 0. The van der Waals surface area contributed by atoms with E-state index in [0.717, 1.165) is 0 Å². The third-order valence-electron chi connectivity index (χ3n) is 2.33. The summed E-state index contributed by atoms with van der Waals surface area (Å²) < 4.78 is 42.7. The first-order valence-corrected chi connectivity index (χ1v) is 4.26. The summed E-state index contributed by atoms with van der Waals surface area (Å²) in [4.78, 5) is 0. The third-order valence-corrected chi connectivity index (χ3v) is 2.33. The topological polar surface area (TPSA) is 35.2 Å². The molecule has 1 fully saturated rings. The van der Waals surface area contributed by atoms with Crippen molar-refractivity contribution in [2.75, 3.05) is 0 Å². The van der Waals surface area contributed by atoms with E-state index in [9.17, 15) is 13.2 Å². The Hall–Kier alpha value is -0.290. The fraction of sp³-hybridized carbons (Fsp3) is 1.00. The van der Waals surface area contributed by atoms with Crippen molar-refractivity contribution in [1.82, 2.24) is 0 Å². The van der Waals surface area contributed by atoms with Gasteiger partial charge in [-0.1, -0.05) is 0 Å². The lowest BCUT2D eigenvalue weighted by molar-refractivity contribution is -0.222. The van der Waals surface area contributed by atoms with Crippen LogP contribution >= 0.6 is 0 Å². The molecule has 1 rings (SSSR count). The molecule has 0 aliphatic carbocycles. The van der Waals surface area contributed by atoms with Gasteiger partial charge < -0.3 is 10.5 Å². The number of rotatable bonds is 0. The summed E-state index contributed by atoms with van der Waals surface area (Å²) in [6, 6.07) is 0. The Morgan fingerprint density at radius 1 is 1.23 bits per heavy atom. The Bertz CT molecular complexity index is 182. The first-order chi connectivity index (χ1) is 5.74. The lowest BCUT2D eigenvalue weighted by atomic mass is 9.84. The van der Waals surface area contributed by atoms with E-state index in [-0.39, 0.29) is 12.8 Å². The van der Waals surface area contributed by atoms with Gasteiger partial charge >= 0.3 is 6.18 Å². The minimum absolute atomic E-state index is 0.152. The van der Waals surface area contributed by atoms with E-state index >= 15 is 0 Å². The number of hydrogen-bond acceptors (Lipinski definition) is 2. The van der Waals surface area contributed by atoms with Crippen molar-refractivity contribution in [3.05, 3.63) is 0 Å². The molecular weight excluding hydrogens is 183 g/mol. The molecule has 1 heterocycles. The van der Waals surface area contributed by atoms with Crippen molar-refractivity contribution in [2.24, 2.45) is 5.73 Å². The van der Waals surface area contributed by atoms with Crippen LogP contribution in [0.15, 0.2) is 0 Å². The minimum atomic E-state index is -4.33. The molecule has 2 atom stereocenters. The van der Waals surface area contributed by atoms with Gasteiger partial charge in [0.15, 0.2) is 0 Å². The zero-order valence-electron chi connectivity index (χ0n) is 7.69. The van der Waals surface area contributed by atoms with Gasteiger partial charge in [-0.15, -0.1) is 0 Å². The zero-order valence-corrected chi connectivity index (χ0v) is 7.69. The number of hydrogen-bond donors (Lipinski definition) is 1. The zero-order chi connectivity index (χ0) is 10.3. The Balaban J connectivity index is 2.78. The Kier molecular flexibility index (Phi) is 2.60. The summed E-state index contributed by atoms with van der Waals surface area (Å²) in [5.41, 5.74) is 3.25. The minimum Gasteiger partial charge on any atom is -0.375 e. The third kappa shape index (κ3) is 2.14. The normalized spacial score (nSPS) is 42.0. The molecular formula is C8H14F3NO. The highest BCUT2D eigenvalue weighted by molar-refractivity contribution is 4.97. The number of halogens is 3. The maximum Gasteiger partial charge on any atom is 0.406 e. The number of alkyl halides is 3. The quantitative estimate of drug-likeness (QED) is 0.643. The average Bonchev–Trinajstić information content (AvgIpc) is 1.79. The van der Waals surface area contributed by atoms with Gasteiger partial charge in [0.1, 0.15) is 5.54 Å². The van der Waals surface area contributed by atoms with Crippen LogP contribution in [0.2, 0.25) is 0 Å². The van der Waals surface area contributed by atoms with Crippen molar-refractivity contribution < 1.29 is 17.9 Å².